The van der Waals surface area contributed by atoms with Crippen LogP contribution in [-0.2, 0) is 21.4 Å². The van der Waals surface area contributed by atoms with E-state index < -0.39 is 6.10 Å². The van der Waals surface area contributed by atoms with Crippen molar-refractivity contribution in [3.05, 3.63) is 46.5 Å². The zero-order valence-corrected chi connectivity index (χ0v) is 22.4. The van der Waals surface area contributed by atoms with Gasteiger partial charge in [-0.05, 0) is 47.6 Å². The minimum absolute atomic E-state index is 0.232. The Morgan fingerprint density at radius 1 is 1.21 bits per heavy atom. The molecule has 0 bridgehead atoms. The fraction of sp³-hybridized carbons (Fsp3) is 0.500. The molecule has 0 spiro atoms. The van der Waals surface area contributed by atoms with Crippen LogP contribution in [0.15, 0.2) is 30.3 Å². The number of unbranched alkanes of at least 4 members (excludes halogenated alkanes) is 1. The van der Waals surface area contributed by atoms with Crippen molar-refractivity contribution in [3.63, 3.8) is 0 Å². The van der Waals surface area contributed by atoms with E-state index in [1.165, 1.54) is 17.8 Å². The number of rotatable bonds is 11. The molecule has 1 heterocycles. The number of aldehydes is 1. The molecule has 0 aliphatic heterocycles. The van der Waals surface area contributed by atoms with E-state index in [2.05, 4.69) is 34.6 Å². The van der Waals surface area contributed by atoms with Crippen molar-refractivity contribution in [2.75, 3.05) is 6.61 Å². The van der Waals surface area contributed by atoms with Crippen LogP contribution >= 0.6 is 22.9 Å². The number of nitrogens with zero attached hydrogens (tertiary/aromatic N) is 1. The molecule has 0 saturated carbocycles. The molecular weight excluding hydrogens is 466 g/mol. The van der Waals surface area contributed by atoms with Crippen molar-refractivity contribution in [2.45, 2.75) is 78.2 Å². The number of phenols is 1. The van der Waals surface area contributed by atoms with Crippen molar-refractivity contribution in [1.29, 1.82) is 0 Å². The van der Waals surface area contributed by atoms with Gasteiger partial charge < -0.3 is 14.6 Å². The van der Waals surface area contributed by atoms with Gasteiger partial charge in [-0.2, -0.15) is 0 Å². The summed E-state index contributed by atoms with van der Waals surface area (Å²) in [6.07, 6.45) is 5.35. The van der Waals surface area contributed by atoms with E-state index in [0.717, 1.165) is 51.9 Å². The maximum absolute atomic E-state index is 11.9. The first kappa shape index (κ1) is 26.7. The van der Waals surface area contributed by atoms with Gasteiger partial charge >= 0.3 is 0 Å². The van der Waals surface area contributed by atoms with Crippen LogP contribution in [0.3, 0.4) is 0 Å². The number of aromatic nitrogens is 1. The Hall–Kier alpha value is -1.95. The summed E-state index contributed by atoms with van der Waals surface area (Å²) in [5.74, 6) is 0.702. The molecule has 1 N–H and O–H groups in total. The first-order chi connectivity index (χ1) is 16.2. The molecule has 184 valence electrons. The number of halogens is 1. The van der Waals surface area contributed by atoms with Crippen LogP contribution in [0.4, 0.5) is 0 Å². The lowest BCUT2D eigenvalue weighted by Crippen LogP contribution is -2.22. The van der Waals surface area contributed by atoms with Crippen LogP contribution in [-0.4, -0.2) is 29.1 Å². The van der Waals surface area contributed by atoms with Crippen molar-refractivity contribution in [1.82, 2.24) is 4.98 Å². The molecule has 2 atom stereocenters. The highest BCUT2D eigenvalue weighted by Crippen LogP contribution is 2.42. The number of hydrogen-bond acceptors (Lipinski definition) is 5. The SMILES string of the molecule is CCCCC(CC)COC(C=O)Cc1cc(-c2nc3cc(Cl)ccc3s2)c(O)c(C(C)(C)C)c1. The molecule has 2 unspecified atom stereocenters. The highest BCUT2D eigenvalue weighted by atomic mass is 35.5. The van der Waals surface area contributed by atoms with Crippen LogP contribution in [0.5, 0.6) is 5.75 Å². The first-order valence-electron chi connectivity index (χ1n) is 12.2. The lowest BCUT2D eigenvalue weighted by atomic mass is 9.83. The number of aromatic hydroxyl groups is 1. The van der Waals surface area contributed by atoms with Crippen molar-refractivity contribution in [2.24, 2.45) is 5.92 Å². The smallest absolute Gasteiger partial charge is 0.149 e. The number of phenolic OH excluding ortho intramolecular Hbond substituents is 1. The van der Waals surface area contributed by atoms with Gasteiger partial charge in [0.05, 0.1) is 22.4 Å². The summed E-state index contributed by atoms with van der Waals surface area (Å²) in [5.41, 5.74) is 2.99. The molecule has 3 rings (SSSR count). The van der Waals surface area contributed by atoms with E-state index in [4.69, 9.17) is 21.3 Å². The Kier molecular flexibility index (Phi) is 9.14. The molecule has 34 heavy (non-hydrogen) atoms. The Balaban J connectivity index is 1.93. The van der Waals surface area contributed by atoms with Crippen molar-refractivity contribution < 1.29 is 14.6 Å². The van der Waals surface area contributed by atoms with E-state index in [9.17, 15) is 9.90 Å². The Morgan fingerprint density at radius 2 is 1.97 bits per heavy atom. The molecule has 6 heteroatoms. The number of carbonyl (C=O) groups excluding carboxylic acids is 1. The van der Waals surface area contributed by atoms with Gasteiger partial charge in [-0.3, -0.25) is 0 Å². The third kappa shape index (κ3) is 6.59. The molecule has 2 aromatic carbocycles. The maximum Gasteiger partial charge on any atom is 0.149 e. The van der Waals surface area contributed by atoms with Crippen LogP contribution < -0.4 is 0 Å². The average Bonchev–Trinajstić information content (AvgIpc) is 3.21. The van der Waals surface area contributed by atoms with Crippen LogP contribution in [0.1, 0.15) is 71.4 Å². The highest BCUT2D eigenvalue weighted by Gasteiger charge is 2.24. The van der Waals surface area contributed by atoms with E-state index in [-0.39, 0.29) is 11.2 Å². The van der Waals surface area contributed by atoms with Crippen LogP contribution in [0, 0.1) is 5.92 Å². The molecule has 0 amide bonds. The van der Waals surface area contributed by atoms with Gasteiger partial charge in [-0.25, -0.2) is 4.98 Å². The Morgan fingerprint density at radius 3 is 2.62 bits per heavy atom. The lowest BCUT2D eigenvalue weighted by molar-refractivity contribution is -0.119. The summed E-state index contributed by atoms with van der Waals surface area (Å²) in [6, 6.07) is 9.57. The molecule has 0 aliphatic carbocycles. The minimum Gasteiger partial charge on any atom is -0.507 e. The number of fused-ring (bicyclic) bond motifs is 1. The van der Waals surface area contributed by atoms with Crippen molar-refractivity contribution in [3.8, 4) is 16.3 Å². The summed E-state index contributed by atoms with van der Waals surface area (Å²) in [7, 11) is 0. The summed E-state index contributed by atoms with van der Waals surface area (Å²) in [4.78, 5) is 16.6. The summed E-state index contributed by atoms with van der Waals surface area (Å²) in [6.45, 7) is 11.2. The van der Waals surface area contributed by atoms with Gasteiger partial charge in [0.2, 0.25) is 0 Å². The normalized spacial score (nSPS) is 13.8. The second-order valence-electron chi connectivity index (χ2n) is 10.0. The summed E-state index contributed by atoms with van der Waals surface area (Å²) < 4.78 is 7.06. The van der Waals surface area contributed by atoms with Gasteiger partial charge in [0.1, 0.15) is 23.1 Å². The number of carbonyl (C=O) groups is 1. The third-order valence-electron chi connectivity index (χ3n) is 6.24. The quantitative estimate of drug-likeness (QED) is 0.271. The number of hydrogen-bond donors (Lipinski definition) is 1. The van der Waals surface area contributed by atoms with Crippen molar-refractivity contribution >= 4 is 39.4 Å². The Bertz CT molecular complexity index is 1120. The van der Waals surface area contributed by atoms with Crippen LogP contribution in [0.2, 0.25) is 5.02 Å². The molecule has 1 aromatic heterocycles. The lowest BCUT2D eigenvalue weighted by Gasteiger charge is -2.24. The fourth-order valence-corrected chi connectivity index (χ4v) is 5.23. The maximum atomic E-state index is 11.9. The molecule has 4 nitrogen and oxygen atoms in total. The minimum atomic E-state index is -0.518. The fourth-order valence-electron chi connectivity index (χ4n) is 4.10. The standard InChI is InChI=1S/C28H36ClNO3S/c1-6-8-9-18(7-2)17-33-21(16-31)12-19-13-22(26(32)23(14-19)28(3,4)5)27-30-24-15-20(29)10-11-25(24)34-27/h10-11,13-16,18,21,32H,6-9,12,17H2,1-5H3. The number of benzene rings is 2. The second-order valence-corrected chi connectivity index (χ2v) is 11.5. The predicted molar refractivity (Wildman–Crippen MR) is 143 cm³/mol. The largest absolute Gasteiger partial charge is 0.507 e. The van der Waals surface area contributed by atoms with E-state index in [0.29, 0.717) is 29.5 Å². The van der Waals surface area contributed by atoms with E-state index in [1.54, 1.807) is 0 Å². The second kappa shape index (κ2) is 11.7. The predicted octanol–water partition coefficient (Wildman–Crippen LogP) is 7.96. The van der Waals surface area contributed by atoms with Crippen LogP contribution in [0.25, 0.3) is 20.8 Å². The third-order valence-corrected chi connectivity index (χ3v) is 7.54. The van der Waals surface area contributed by atoms with Gasteiger partial charge in [0.15, 0.2) is 0 Å². The van der Waals surface area contributed by atoms with Gasteiger partial charge in [0, 0.05) is 17.0 Å². The number of ether oxygens (including phenoxy) is 1. The zero-order chi connectivity index (χ0) is 24.9. The first-order valence-corrected chi connectivity index (χ1v) is 13.3. The summed E-state index contributed by atoms with van der Waals surface area (Å²) in [5, 5.41) is 12.6. The Labute approximate surface area is 212 Å². The summed E-state index contributed by atoms with van der Waals surface area (Å²) >= 11 is 7.67. The van der Waals surface area contributed by atoms with Gasteiger partial charge in [-0.1, -0.05) is 71.5 Å². The number of thiazole rings is 1. The molecule has 3 aromatic rings. The molecule has 0 aliphatic rings. The topological polar surface area (TPSA) is 59.4 Å². The zero-order valence-electron chi connectivity index (χ0n) is 20.9. The van der Waals surface area contributed by atoms with E-state index in [1.807, 2.05) is 30.3 Å². The average molecular weight is 502 g/mol. The molecule has 0 saturated heterocycles. The monoisotopic (exact) mass is 501 g/mol. The molecule has 0 radical (unpaired) electrons. The highest BCUT2D eigenvalue weighted by molar-refractivity contribution is 7.21. The van der Waals surface area contributed by atoms with E-state index >= 15 is 0 Å². The molecule has 0 fully saturated rings. The molecular formula is C28H36ClNO3S. The van der Waals surface area contributed by atoms with Gasteiger partial charge in [-0.15, -0.1) is 11.3 Å². The van der Waals surface area contributed by atoms with Gasteiger partial charge in [0.25, 0.3) is 0 Å².